The number of carbonyl (C=O) groups excluding carboxylic acids is 2. The Bertz CT molecular complexity index is 1480. The first kappa shape index (κ1) is 28.3. The van der Waals surface area contributed by atoms with Crippen molar-refractivity contribution in [2.75, 3.05) is 10.3 Å². The Hall–Kier alpha value is -2.29. The second kappa shape index (κ2) is 11.8. The number of benzene rings is 3. The minimum absolute atomic E-state index is 0. The molecule has 13 heteroatoms. The fourth-order valence-electron chi connectivity index (χ4n) is 3.29. The predicted molar refractivity (Wildman–Crippen MR) is 137 cm³/mol. The minimum Gasteiger partial charge on any atom is -0.322 e. The van der Waals surface area contributed by atoms with Crippen LogP contribution in [-0.2, 0) is 14.9 Å². The molecule has 179 valence electrons. The van der Waals surface area contributed by atoms with Crippen molar-refractivity contribution in [3.8, 4) is 0 Å². The molecule has 0 bridgehead atoms. The van der Waals surface area contributed by atoms with Crippen LogP contribution in [0.4, 0.5) is 17.1 Å². The molecular formula is C23H18ClKN5O5S. The van der Waals surface area contributed by atoms with Crippen molar-refractivity contribution >= 4 is 108 Å². The molecule has 0 aromatic heterocycles. The van der Waals surface area contributed by atoms with Crippen molar-refractivity contribution in [1.29, 1.82) is 0 Å². The van der Waals surface area contributed by atoms with E-state index in [1.165, 1.54) is 12.1 Å². The summed E-state index contributed by atoms with van der Waals surface area (Å²) < 4.78 is 33.3. The van der Waals surface area contributed by atoms with Crippen LogP contribution in [0.25, 0.3) is 0 Å². The maximum Gasteiger partial charge on any atom is 0.296 e. The predicted octanol–water partition coefficient (Wildman–Crippen LogP) is 4.33. The number of carbonyl (C=O) groups is 2. The topological polar surface area (TPSA) is 141 Å². The van der Waals surface area contributed by atoms with Gasteiger partial charge in [0, 0.05) is 62.6 Å². The van der Waals surface area contributed by atoms with Gasteiger partial charge in [0.2, 0.25) is 0 Å². The van der Waals surface area contributed by atoms with Gasteiger partial charge in [0.25, 0.3) is 21.9 Å². The monoisotopic (exact) mass is 550 g/mol. The number of nitrogens with one attached hydrogen (secondary N) is 1. The average molecular weight is 551 g/mol. The van der Waals surface area contributed by atoms with E-state index in [0.717, 1.165) is 11.1 Å². The van der Waals surface area contributed by atoms with Crippen LogP contribution in [-0.4, -0.2) is 87.9 Å². The largest absolute Gasteiger partial charge is 0.322 e. The molecule has 0 spiro atoms. The molecule has 1 aliphatic heterocycles. The number of azo groups is 1. The van der Waals surface area contributed by atoms with Gasteiger partial charge in [-0.05, 0) is 49.4 Å². The summed E-state index contributed by atoms with van der Waals surface area (Å²) in [4.78, 5) is 24.8. The van der Waals surface area contributed by atoms with E-state index >= 15 is 0 Å². The van der Waals surface area contributed by atoms with Crippen LogP contribution in [0.2, 0.25) is 5.02 Å². The Balaban J connectivity index is 0.00000361. The maximum atomic E-state index is 12.9. The van der Waals surface area contributed by atoms with Crippen LogP contribution in [0.1, 0.15) is 17.3 Å². The number of hydrogen-bond donors (Lipinski definition) is 2. The smallest absolute Gasteiger partial charge is 0.296 e. The van der Waals surface area contributed by atoms with E-state index in [9.17, 15) is 22.6 Å². The first-order valence-corrected chi connectivity index (χ1v) is 12.0. The molecule has 0 saturated heterocycles. The van der Waals surface area contributed by atoms with E-state index in [2.05, 4.69) is 20.6 Å². The van der Waals surface area contributed by atoms with Crippen molar-refractivity contribution in [3.63, 3.8) is 0 Å². The van der Waals surface area contributed by atoms with Gasteiger partial charge < -0.3 is 5.32 Å². The summed E-state index contributed by atoms with van der Waals surface area (Å²) in [7, 11) is -4.67. The second-order valence-electron chi connectivity index (χ2n) is 7.44. The third kappa shape index (κ3) is 6.33. The zero-order valence-electron chi connectivity index (χ0n) is 19.2. The van der Waals surface area contributed by atoms with Crippen molar-refractivity contribution in [2.24, 2.45) is 15.3 Å². The molecule has 0 fully saturated rings. The van der Waals surface area contributed by atoms with Gasteiger partial charge in [0.15, 0.2) is 6.04 Å². The van der Waals surface area contributed by atoms with E-state index < -0.39 is 32.9 Å². The Morgan fingerprint density at radius 2 is 1.75 bits per heavy atom. The number of halogens is 1. The standard InChI is InChI=1S/C23H18ClN5O5S.K/c1-14-21(23(31)29(28-14)19-10-6-5-9-17(19)24)27-26-18-13-16(11-12-20(18)35(32,33)34)25-22(30)15-7-3-2-4-8-15;/h2-13,21H,1H3,(H,25,30)(H,32,33,34);. The van der Waals surface area contributed by atoms with Crippen molar-refractivity contribution in [1.82, 2.24) is 0 Å². The normalized spacial score (nSPS) is 15.5. The van der Waals surface area contributed by atoms with Crippen LogP contribution in [0, 0.1) is 0 Å². The van der Waals surface area contributed by atoms with E-state index in [-0.39, 0.29) is 62.8 Å². The number of hydrogen-bond acceptors (Lipinski definition) is 7. The van der Waals surface area contributed by atoms with Crippen molar-refractivity contribution < 1.29 is 22.6 Å². The average Bonchev–Trinajstić information content (AvgIpc) is 3.10. The summed E-state index contributed by atoms with van der Waals surface area (Å²) in [5, 5.41) is 16.1. The van der Waals surface area contributed by atoms with Crippen LogP contribution < -0.4 is 10.3 Å². The first-order chi connectivity index (χ1) is 16.6. The number of hydrazone groups is 1. The van der Waals surface area contributed by atoms with Crippen molar-refractivity contribution in [3.05, 3.63) is 83.4 Å². The molecule has 10 nitrogen and oxygen atoms in total. The molecule has 1 atom stereocenters. The van der Waals surface area contributed by atoms with Crippen LogP contribution in [0.3, 0.4) is 0 Å². The van der Waals surface area contributed by atoms with Gasteiger partial charge in [0.05, 0.1) is 16.4 Å². The van der Waals surface area contributed by atoms with Gasteiger partial charge in [-0.1, -0.05) is 41.9 Å². The van der Waals surface area contributed by atoms with Crippen LogP contribution in [0.5, 0.6) is 0 Å². The van der Waals surface area contributed by atoms with E-state index in [4.69, 9.17) is 11.6 Å². The van der Waals surface area contributed by atoms with Crippen molar-refractivity contribution in [2.45, 2.75) is 17.9 Å². The van der Waals surface area contributed by atoms with Crippen LogP contribution >= 0.6 is 11.6 Å². The fraction of sp³-hybridized carbons (Fsp3) is 0.0870. The molecule has 2 N–H and O–H groups in total. The van der Waals surface area contributed by atoms with E-state index in [1.54, 1.807) is 61.5 Å². The van der Waals surface area contributed by atoms with Gasteiger partial charge in [-0.15, -0.1) is 0 Å². The molecule has 0 aliphatic carbocycles. The number of para-hydroxylation sites is 1. The zero-order valence-corrected chi connectivity index (χ0v) is 23.9. The molecular weight excluding hydrogens is 533 g/mol. The molecule has 4 rings (SSSR count). The van der Waals surface area contributed by atoms with Gasteiger partial charge in [-0.3, -0.25) is 14.1 Å². The quantitative estimate of drug-likeness (QED) is 0.267. The van der Waals surface area contributed by atoms with Gasteiger partial charge in [-0.25, -0.2) is 0 Å². The molecule has 0 saturated carbocycles. The molecule has 1 unspecified atom stereocenters. The summed E-state index contributed by atoms with van der Waals surface area (Å²) in [6.07, 6.45) is 0. The van der Waals surface area contributed by atoms with Gasteiger partial charge in [-0.2, -0.15) is 28.8 Å². The summed E-state index contributed by atoms with van der Waals surface area (Å²) in [6, 6.07) is 17.5. The van der Waals surface area contributed by atoms with Gasteiger partial charge >= 0.3 is 0 Å². The Kier molecular flexibility index (Phi) is 9.30. The van der Waals surface area contributed by atoms with Crippen LogP contribution in [0.15, 0.2) is 93.0 Å². The van der Waals surface area contributed by atoms with E-state index in [0.29, 0.717) is 22.0 Å². The summed E-state index contributed by atoms with van der Waals surface area (Å²) in [5.74, 6) is -0.973. The minimum atomic E-state index is -4.67. The molecule has 1 radical (unpaired) electrons. The maximum absolute atomic E-state index is 12.9. The molecule has 3 aromatic rings. The zero-order chi connectivity index (χ0) is 25.2. The number of rotatable bonds is 6. The molecule has 3 aromatic carbocycles. The third-order valence-corrected chi connectivity index (χ3v) is 6.21. The summed E-state index contributed by atoms with van der Waals surface area (Å²) in [5.41, 5.74) is 0.995. The Morgan fingerprint density at radius 3 is 2.42 bits per heavy atom. The fourth-order valence-corrected chi connectivity index (χ4v) is 4.11. The number of anilines is 2. The molecule has 2 amide bonds. The molecule has 1 heterocycles. The molecule has 36 heavy (non-hydrogen) atoms. The summed E-state index contributed by atoms with van der Waals surface area (Å²) in [6.45, 7) is 1.57. The SMILES string of the molecule is CC1=NN(c2ccccc2Cl)C(=O)C1N=Nc1cc(NC(=O)c2ccccc2)ccc1S(=O)(=O)O.[K]. The number of amides is 2. The van der Waals surface area contributed by atoms with E-state index in [1.807, 2.05) is 0 Å². The number of nitrogens with zero attached hydrogens (tertiary/aromatic N) is 4. The second-order valence-corrected chi connectivity index (χ2v) is 9.24. The van der Waals surface area contributed by atoms with Gasteiger partial charge in [0.1, 0.15) is 10.6 Å². The Morgan fingerprint density at radius 1 is 1.08 bits per heavy atom. The first-order valence-electron chi connectivity index (χ1n) is 10.2. The summed E-state index contributed by atoms with van der Waals surface area (Å²) >= 11 is 6.17. The molecule has 1 aliphatic rings. The Labute approximate surface area is 254 Å². The third-order valence-electron chi connectivity index (χ3n) is 4.99.